The Morgan fingerprint density at radius 1 is 0.833 bits per heavy atom. The van der Waals surface area contributed by atoms with Crippen LogP contribution in [0.15, 0.2) is 59.5 Å². The molecule has 0 fully saturated rings. The van der Waals surface area contributed by atoms with Gasteiger partial charge < -0.3 is 5.32 Å². The van der Waals surface area contributed by atoms with E-state index in [1.165, 1.54) is 37.3 Å². The van der Waals surface area contributed by atoms with Crippen molar-refractivity contribution in [3.8, 4) is 0 Å². The number of hydrogen-bond acceptors (Lipinski definition) is 3. The van der Waals surface area contributed by atoms with Crippen molar-refractivity contribution in [1.29, 1.82) is 0 Å². The quantitative estimate of drug-likeness (QED) is 0.452. The number of aryl methyl sites for hydroxylation is 1. The number of carbonyl (C=O) groups excluding carboxylic acids is 1. The third-order valence-corrected chi connectivity index (χ3v) is 5.47. The Morgan fingerprint density at radius 2 is 1.53 bits per heavy atom. The number of rotatable bonds is 5. The molecule has 0 saturated carbocycles. The summed E-state index contributed by atoms with van der Waals surface area (Å²) >= 11 is 0. The van der Waals surface area contributed by atoms with Crippen LogP contribution in [0.2, 0.25) is 0 Å². The van der Waals surface area contributed by atoms with Gasteiger partial charge in [-0.2, -0.15) is 0 Å². The lowest BCUT2D eigenvalue weighted by Crippen LogP contribution is -2.16. The van der Waals surface area contributed by atoms with Crippen LogP contribution in [0.1, 0.15) is 15.9 Å². The van der Waals surface area contributed by atoms with E-state index in [1.807, 2.05) is 0 Å². The summed E-state index contributed by atoms with van der Waals surface area (Å²) in [5.74, 6) is -5.52. The van der Waals surface area contributed by atoms with Gasteiger partial charge in [-0.05, 0) is 42.8 Å². The van der Waals surface area contributed by atoms with Crippen molar-refractivity contribution >= 4 is 27.3 Å². The summed E-state index contributed by atoms with van der Waals surface area (Å²) < 4.78 is 80.8. The molecule has 0 saturated heterocycles. The van der Waals surface area contributed by atoms with Gasteiger partial charge in [0, 0.05) is 23.4 Å². The minimum absolute atomic E-state index is 0.0191. The Kier molecular flexibility index (Phi) is 5.79. The Labute approximate surface area is 169 Å². The van der Waals surface area contributed by atoms with E-state index in [4.69, 9.17) is 0 Å². The van der Waals surface area contributed by atoms with Gasteiger partial charge in [-0.15, -0.1) is 0 Å². The minimum atomic E-state index is -4.14. The topological polar surface area (TPSA) is 75.3 Å². The maximum absolute atomic E-state index is 13.7. The van der Waals surface area contributed by atoms with Crippen LogP contribution in [0, 0.1) is 30.2 Å². The molecule has 0 aromatic heterocycles. The summed E-state index contributed by atoms with van der Waals surface area (Å²) in [6.07, 6.45) is 0. The van der Waals surface area contributed by atoms with Crippen LogP contribution in [-0.4, -0.2) is 14.3 Å². The molecule has 3 aromatic rings. The molecule has 0 aliphatic carbocycles. The second-order valence-corrected chi connectivity index (χ2v) is 7.98. The zero-order valence-electron chi connectivity index (χ0n) is 15.3. The highest BCUT2D eigenvalue weighted by Crippen LogP contribution is 2.22. The molecule has 0 heterocycles. The van der Waals surface area contributed by atoms with Crippen LogP contribution in [0.3, 0.4) is 0 Å². The summed E-state index contributed by atoms with van der Waals surface area (Å²) in [4.78, 5) is 12.0. The Bertz CT molecular complexity index is 1250. The molecule has 10 heteroatoms. The van der Waals surface area contributed by atoms with Gasteiger partial charge in [0.05, 0.1) is 10.6 Å². The summed E-state index contributed by atoms with van der Waals surface area (Å²) in [7, 11) is -4.14. The van der Waals surface area contributed by atoms with Crippen LogP contribution in [0.5, 0.6) is 0 Å². The van der Waals surface area contributed by atoms with Gasteiger partial charge in [0.15, 0.2) is 11.6 Å². The second-order valence-electron chi connectivity index (χ2n) is 6.30. The predicted octanol–water partition coefficient (Wildman–Crippen LogP) is 4.60. The van der Waals surface area contributed by atoms with Crippen molar-refractivity contribution in [2.75, 3.05) is 10.0 Å². The van der Waals surface area contributed by atoms with Crippen LogP contribution in [-0.2, 0) is 10.0 Å². The predicted molar refractivity (Wildman–Crippen MR) is 103 cm³/mol. The molecule has 0 aliphatic rings. The minimum Gasteiger partial charge on any atom is -0.319 e. The van der Waals surface area contributed by atoms with E-state index >= 15 is 0 Å². The zero-order valence-corrected chi connectivity index (χ0v) is 16.2. The van der Waals surface area contributed by atoms with Gasteiger partial charge in [0.1, 0.15) is 11.6 Å². The fourth-order valence-electron chi connectivity index (χ4n) is 2.49. The molecule has 5 nitrogen and oxygen atoms in total. The molecule has 3 aromatic carbocycles. The molecular formula is C20H14F4N2O3S. The summed E-state index contributed by atoms with van der Waals surface area (Å²) in [5, 5.41) is 2.08. The van der Waals surface area contributed by atoms with E-state index in [0.717, 1.165) is 12.1 Å². The van der Waals surface area contributed by atoms with Gasteiger partial charge in [0.25, 0.3) is 15.9 Å². The normalized spacial score (nSPS) is 11.2. The van der Waals surface area contributed by atoms with Gasteiger partial charge in [-0.25, -0.2) is 26.0 Å². The fraction of sp³-hybridized carbons (Fsp3) is 0.0500. The monoisotopic (exact) mass is 438 g/mol. The van der Waals surface area contributed by atoms with Crippen molar-refractivity contribution < 1.29 is 30.8 Å². The number of amides is 1. The standard InChI is InChI=1S/C20H14F4N2O3S/c1-11-5-6-14(8-15(11)21)30(28,29)26-13-4-2-3-12(7-13)20(27)25-19-10-17(23)16(22)9-18(19)24/h2-10,26H,1H3,(H,25,27). The second kappa shape index (κ2) is 8.15. The maximum Gasteiger partial charge on any atom is 0.261 e. The van der Waals surface area contributed by atoms with Crippen LogP contribution >= 0.6 is 0 Å². The molecule has 1 amide bonds. The van der Waals surface area contributed by atoms with E-state index < -0.39 is 44.9 Å². The number of anilines is 2. The average Bonchev–Trinajstić information content (AvgIpc) is 2.68. The smallest absolute Gasteiger partial charge is 0.261 e. The van der Waals surface area contributed by atoms with Gasteiger partial charge in [0.2, 0.25) is 0 Å². The summed E-state index contributed by atoms with van der Waals surface area (Å²) in [5.41, 5.74) is -0.416. The van der Waals surface area contributed by atoms with Crippen molar-refractivity contribution in [2.24, 2.45) is 0 Å². The van der Waals surface area contributed by atoms with E-state index in [2.05, 4.69) is 10.0 Å². The first-order chi connectivity index (χ1) is 14.1. The number of carbonyl (C=O) groups is 1. The third kappa shape index (κ3) is 4.60. The molecule has 0 aliphatic heterocycles. The molecule has 0 radical (unpaired) electrons. The van der Waals surface area contributed by atoms with E-state index in [9.17, 15) is 30.8 Å². The zero-order chi connectivity index (χ0) is 22.1. The molecule has 0 unspecified atom stereocenters. The van der Waals surface area contributed by atoms with Gasteiger partial charge in [-0.3, -0.25) is 9.52 Å². The van der Waals surface area contributed by atoms with Crippen LogP contribution in [0.25, 0.3) is 0 Å². The Morgan fingerprint density at radius 3 is 2.23 bits per heavy atom. The van der Waals surface area contributed by atoms with Crippen LogP contribution < -0.4 is 10.0 Å². The Hall–Kier alpha value is -3.40. The number of sulfonamides is 1. The first kappa shape index (κ1) is 21.3. The van der Waals surface area contributed by atoms with E-state index in [0.29, 0.717) is 6.07 Å². The largest absolute Gasteiger partial charge is 0.319 e. The van der Waals surface area contributed by atoms with Gasteiger partial charge in [-0.1, -0.05) is 12.1 Å². The van der Waals surface area contributed by atoms with Gasteiger partial charge >= 0.3 is 0 Å². The molecule has 0 atom stereocenters. The molecule has 30 heavy (non-hydrogen) atoms. The first-order valence-electron chi connectivity index (χ1n) is 8.42. The lowest BCUT2D eigenvalue weighted by atomic mass is 10.2. The number of benzene rings is 3. The average molecular weight is 438 g/mol. The number of halogens is 4. The highest BCUT2D eigenvalue weighted by atomic mass is 32.2. The van der Waals surface area contributed by atoms with Crippen LogP contribution in [0.4, 0.5) is 28.9 Å². The SMILES string of the molecule is Cc1ccc(S(=O)(=O)Nc2cccc(C(=O)Nc3cc(F)c(F)cc3F)c2)cc1F. The highest BCUT2D eigenvalue weighted by molar-refractivity contribution is 7.92. The number of hydrogen-bond donors (Lipinski definition) is 2. The first-order valence-corrected chi connectivity index (χ1v) is 9.90. The van der Waals surface area contributed by atoms with Crippen molar-refractivity contribution in [3.63, 3.8) is 0 Å². The van der Waals surface area contributed by atoms with E-state index in [1.54, 1.807) is 0 Å². The molecule has 0 spiro atoms. The fourth-order valence-corrected chi connectivity index (χ4v) is 3.55. The maximum atomic E-state index is 13.7. The van der Waals surface area contributed by atoms with Crippen molar-refractivity contribution in [1.82, 2.24) is 0 Å². The molecule has 2 N–H and O–H groups in total. The molecular weight excluding hydrogens is 424 g/mol. The number of nitrogens with one attached hydrogen (secondary N) is 2. The summed E-state index contributed by atoms with van der Waals surface area (Å²) in [6, 6.07) is 9.32. The Balaban J connectivity index is 1.83. The molecule has 0 bridgehead atoms. The lowest BCUT2D eigenvalue weighted by molar-refractivity contribution is 0.102. The molecule has 156 valence electrons. The highest BCUT2D eigenvalue weighted by Gasteiger charge is 2.18. The lowest BCUT2D eigenvalue weighted by Gasteiger charge is -2.11. The van der Waals surface area contributed by atoms with E-state index in [-0.39, 0.29) is 27.8 Å². The molecule has 3 rings (SSSR count). The summed E-state index contributed by atoms with van der Waals surface area (Å²) in [6.45, 7) is 1.48. The third-order valence-electron chi connectivity index (χ3n) is 4.09. The van der Waals surface area contributed by atoms with Crippen molar-refractivity contribution in [2.45, 2.75) is 11.8 Å². The van der Waals surface area contributed by atoms with Crippen molar-refractivity contribution in [3.05, 3.63) is 89.0 Å².